The average molecular weight is 503 g/mol. The second-order valence-corrected chi connectivity index (χ2v) is 9.43. The van der Waals surface area contributed by atoms with Crippen LogP contribution < -0.4 is 15.0 Å². The summed E-state index contributed by atoms with van der Waals surface area (Å²) < 4.78 is 8.28. The lowest BCUT2D eigenvalue weighted by Gasteiger charge is -2.29. The smallest absolute Gasteiger partial charge is 0.174 e. The van der Waals surface area contributed by atoms with Crippen LogP contribution in [-0.2, 0) is 0 Å². The molecule has 2 atom stereocenters. The summed E-state index contributed by atoms with van der Waals surface area (Å²) in [6, 6.07) is 36.5. The topological polar surface area (TPSA) is 42.3 Å². The highest BCUT2D eigenvalue weighted by Gasteiger charge is 2.42. The van der Waals surface area contributed by atoms with Crippen molar-refractivity contribution in [3.63, 3.8) is 0 Å². The monoisotopic (exact) mass is 502 g/mol. The van der Waals surface area contributed by atoms with Crippen molar-refractivity contribution in [2.45, 2.75) is 19.0 Å². The van der Waals surface area contributed by atoms with Crippen molar-refractivity contribution in [1.82, 2.24) is 14.9 Å². The van der Waals surface area contributed by atoms with Crippen LogP contribution in [0.2, 0.25) is 0 Å². The minimum atomic E-state index is -0.116. The first kappa shape index (κ1) is 23.0. The first-order valence-electron chi connectivity index (χ1n) is 12.3. The second kappa shape index (κ2) is 9.91. The van der Waals surface area contributed by atoms with Crippen molar-refractivity contribution in [2.75, 3.05) is 4.90 Å². The number of pyridine rings is 1. The summed E-state index contributed by atoms with van der Waals surface area (Å²) in [6.45, 7) is 2.06. The number of hydrogen-bond donors (Lipinski definition) is 1. The molecule has 6 heteroatoms. The highest BCUT2D eigenvalue weighted by molar-refractivity contribution is 7.80. The van der Waals surface area contributed by atoms with Crippen molar-refractivity contribution in [3.05, 3.63) is 139 Å². The number of aryl methyl sites for hydroxylation is 1. The molecule has 0 spiro atoms. The van der Waals surface area contributed by atoms with Crippen LogP contribution in [0.3, 0.4) is 0 Å². The summed E-state index contributed by atoms with van der Waals surface area (Å²) in [7, 11) is 0. The molecule has 37 heavy (non-hydrogen) atoms. The van der Waals surface area contributed by atoms with Gasteiger partial charge in [-0.3, -0.25) is 4.98 Å². The van der Waals surface area contributed by atoms with Crippen LogP contribution in [0.4, 0.5) is 5.69 Å². The molecule has 6 rings (SSSR count). The molecule has 1 fully saturated rings. The Kier molecular flexibility index (Phi) is 6.16. The number of nitrogens with zero attached hydrogens (tertiary/aromatic N) is 3. The molecule has 1 N–H and O–H groups in total. The number of rotatable bonds is 6. The van der Waals surface area contributed by atoms with Crippen LogP contribution in [0.5, 0.6) is 11.5 Å². The predicted molar refractivity (Wildman–Crippen MR) is 151 cm³/mol. The SMILES string of the molecule is Cc1ccc(Oc2ccc(N3C(=S)N[C@@H](c4ccccn4)[C@@H]3c3cccn3-c3ccccc3)cc2)cc1. The third-order valence-corrected chi connectivity index (χ3v) is 6.90. The van der Waals surface area contributed by atoms with Gasteiger partial charge >= 0.3 is 0 Å². The minimum Gasteiger partial charge on any atom is -0.457 e. The zero-order chi connectivity index (χ0) is 25.2. The lowest BCUT2D eigenvalue weighted by molar-refractivity contribution is 0.482. The number of benzene rings is 3. The van der Waals surface area contributed by atoms with E-state index in [1.807, 2.05) is 66.9 Å². The maximum absolute atomic E-state index is 6.06. The Morgan fingerprint density at radius 3 is 2.16 bits per heavy atom. The molecule has 0 amide bonds. The minimum absolute atomic E-state index is 0.110. The van der Waals surface area contributed by atoms with Gasteiger partial charge in [0.25, 0.3) is 0 Å². The van der Waals surface area contributed by atoms with Gasteiger partial charge in [-0.2, -0.15) is 0 Å². The number of hydrogen-bond acceptors (Lipinski definition) is 3. The Bertz CT molecular complexity index is 1500. The maximum Gasteiger partial charge on any atom is 0.174 e. The molecule has 3 heterocycles. The lowest BCUT2D eigenvalue weighted by Crippen LogP contribution is -2.30. The Balaban J connectivity index is 1.38. The van der Waals surface area contributed by atoms with E-state index in [0.717, 1.165) is 34.3 Å². The van der Waals surface area contributed by atoms with Crippen LogP contribution in [-0.4, -0.2) is 14.7 Å². The summed E-state index contributed by atoms with van der Waals surface area (Å²) in [5.74, 6) is 1.58. The first-order valence-corrected chi connectivity index (χ1v) is 12.7. The van der Waals surface area contributed by atoms with E-state index in [1.54, 1.807) is 0 Å². The summed E-state index contributed by atoms with van der Waals surface area (Å²) in [6.07, 6.45) is 3.92. The number of nitrogens with one attached hydrogen (secondary N) is 1. The first-order chi connectivity index (χ1) is 18.2. The lowest BCUT2D eigenvalue weighted by atomic mass is 10.0. The van der Waals surface area contributed by atoms with Gasteiger partial charge in [-0.25, -0.2) is 0 Å². The molecule has 0 saturated carbocycles. The molecule has 2 aromatic heterocycles. The quantitative estimate of drug-likeness (QED) is 0.250. The summed E-state index contributed by atoms with van der Waals surface area (Å²) in [4.78, 5) is 6.85. The summed E-state index contributed by atoms with van der Waals surface area (Å²) >= 11 is 5.91. The fourth-order valence-electron chi connectivity index (χ4n) is 4.81. The van der Waals surface area contributed by atoms with E-state index in [4.69, 9.17) is 17.0 Å². The summed E-state index contributed by atoms with van der Waals surface area (Å²) in [5.41, 5.74) is 5.35. The normalized spacial score (nSPS) is 17.0. The predicted octanol–water partition coefficient (Wildman–Crippen LogP) is 7.15. The van der Waals surface area contributed by atoms with Gasteiger partial charge in [-0.15, -0.1) is 0 Å². The molecule has 5 aromatic rings. The van der Waals surface area contributed by atoms with Crippen LogP contribution in [0.25, 0.3) is 5.69 Å². The molecule has 1 aliphatic heterocycles. The van der Waals surface area contributed by atoms with Gasteiger partial charge < -0.3 is 19.5 Å². The van der Waals surface area contributed by atoms with Crippen molar-refractivity contribution in [3.8, 4) is 17.2 Å². The molecule has 182 valence electrons. The molecule has 0 bridgehead atoms. The molecule has 5 nitrogen and oxygen atoms in total. The highest BCUT2D eigenvalue weighted by Crippen LogP contribution is 2.42. The standard InChI is InChI=1S/C31H26N4OS/c1-22-12-16-25(17-13-22)36-26-18-14-24(15-19-26)35-30(29(33-31(35)37)27-10-5-6-20-32-27)28-11-7-21-34(28)23-8-3-2-4-9-23/h2-21,29-30H,1H3,(H,33,37)/t29-,30-/m0/s1. The number of aromatic nitrogens is 2. The van der Waals surface area contributed by atoms with Gasteiger partial charge in [0.1, 0.15) is 17.5 Å². The second-order valence-electron chi connectivity index (χ2n) is 9.04. The Labute approximate surface area is 222 Å². The van der Waals surface area contributed by atoms with Gasteiger partial charge in [0.15, 0.2) is 5.11 Å². The van der Waals surface area contributed by atoms with Crippen LogP contribution in [0, 0.1) is 6.92 Å². The van der Waals surface area contributed by atoms with E-state index in [-0.39, 0.29) is 12.1 Å². The van der Waals surface area contributed by atoms with Crippen LogP contribution >= 0.6 is 12.2 Å². The number of ether oxygens (including phenoxy) is 1. The van der Waals surface area contributed by atoms with Gasteiger partial charge in [-0.1, -0.05) is 42.0 Å². The van der Waals surface area contributed by atoms with Gasteiger partial charge in [0.2, 0.25) is 0 Å². The van der Waals surface area contributed by atoms with E-state index in [1.165, 1.54) is 5.56 Å². The Morgan fingerprint density at radius 2 is 1.46 bits per heavy atom. The van der Waals surface area contributed by atoms with E-state index < -0.39 is 0 Å². The fraction of sp³-hybridized carbons (Fsp3) is 0.0968. The zero-order valence-electron chi connectivity index (χ0n) is 20.4. The van der Waals surface area contributed by atoms with Crippen molar-refractivity contribution in [1.29, 1.82) is 0 Å². The number of thiocarbonyl (C=S) groups is 1. The molecule has 3 aromatic carbocycles. The van der Waals surface area contributed by atoms with Gasteiger partial charge in [-0.05, 0) is 91.9 Å². The Hall–Kier alpha value is -4.42. The largest absolute Gasteiger partial charge is 0.457 e. The molecule has 0 unspecified atom stereocenters. The van der Waals surface area contributed by atoms with E-state index in [9.17, 15) is 0 Å². The molecular weight excluding hydrogens is 476 g/mol. The van der Waals surface area contributed by atoms with Crippen molar-refractivity contribution in [2.24, 2.45) is 0 Å². The molecule has 0 aliphatic carbocycles. The average Bonchev–Trinajstić information content (AvgIpc) is 3.56. The molecular formula is C31H26N4OS. The third-order valence-electron chi connectivity index (χ3n) is 6.59. The van der Waals surface area contributed by atoms with Crippen molar-refractivity contribution < 1.29 is 4.74 Å². The molecule has 1 saturated heterocycles. The van der Waals surface area contributed by atoms with E-state index >= 15 is 0 Å². The fourth-order valence-corrected chi connectivity index (χ4v) is 5.16. The van der Waals surface area contributed by atoms with Gasteiger partial charge in [0, 0.05) is 29.5 Å². The molecule has 1 aliphatic rings. The van der Waals surface area contributed by atoms with E-state index in [0.29, 0.717) is 5.11 Å². The number of anilines is 1. The maximum atomic E-state index is 6.06. The third kappa shape index (κ3) is 4.59. The van der Waals surface area contributed by atoms with Crippen molar-refractivity contribution >= 4 is 23.0 Å². The molecule has 0 radical (unpaired) electrons. The highest BCUT2D eigenvalue weighted by atomic mass is 32.1. The van der Waals surface area contributed by atoms with Crippen LogP contribution in [0.1, 0.15) is 29.0 Å². The number of para-hydroxylation sites is 1. The van der Waals surface area contributed by atoms with Crippen LogP contribution in [0.15, 0.2) is 122 Å². The zero-order valence-corrected chi connectivity index (χ0v) is 21.2. The Morgan fingerprint density at radius 1 is 0.757 bits per heavy atom. The summed E-state index contributed by atoms with van der Waals surface area (Å²) in [5, 5.41) is 4.21. The van der Waals surface area contributed by atoms with Gasteiger partial charge in [0.05, 0.1) is 11.7 Å². The van der Waals surface area contributed by atoms with E-state index in [2.05, 4.69) is 81.4 Å².